The van der Waals surface area contributed by atoms with Gasteiger partial charge in [0.25, 0.3) is 0 Å². The van der Waals surface area contributed by atoms with Crippen molar-refractivity contribution in [3.63, 3.8) is 0 Å². The molecule has 0 aliphatic rings. The van der Waals surface area contributed by atoms with Crippen LogP contribution in [0, 0.1) is 0 Å². The first-order valence-electron chi connectivity index (χ1n) is 7.13. The van der Waals surface area contributed by atoms with Gasteiger partial charge in [0.2, 0.25) is 0 Å². The lowest BCUT2D eigenvalue weighted by Gasteiger charge is -2.10. The third kappa shape index (κ3) is 4.75. The van der Waals surface area contributed by atoms with Gasteiger partial charge < -0.3 is 0 Å². The lowest BCUT2D eigenvalue weighted by Crippen LogP contribution is -1.92. The normalized spacial score (nSPS) is 12.7. The lowest BCUT2D eigenvalue weighted by atomic mass is 9.95. The van der Waals surface area contributed by atoms with Crippen molar-refractivity contribution in [3.8, 4) is 0 Å². The summed E-state index contributed by atoms with van der Waals surface area (Å²) in [6, 6.07) is 21.3. The third-order valence-corrected chi connectivity index (χ3v) is 3.49. The molecule has 0 N–H and O–H groups in total. The molecule has 0 fully saturated rings. The molecule has 0 radical (unpaired) electrons. The van der Waals surface area contributed by atoms with E-state index >= 15 is 0 Å². The van der Waals surface area contributed by atoms with Gasteiger partial charge in [0.05, 0.1) is 0 Å². The molecule has 2 aromatic rings. The maximum atomic E-state index is 2.32. The molecule has 2 aromatic carbocycles. The fourth-order valence-electron chi connectivity index (χ4n) is 2.27. The molecular weight excluding hydrogens is 228 g/mol. The lowest BCUT2D eigenvalue weighted by molar-refractivity contribution is 0.641. The van der Waals surface area contributed by atoms with Gasteiger partial charge in [-0.05, 0) is 36.3 Å². The van der Waals surface area contributed by atoms with E-state index in [0.29, 0.717) is 5.92 Å². The summed E-state index contributed by atoms with van der Waals surface area (Å²) >= 11 is 0. The Balaban J connectivity index is 1.71. The van der Waals surface area contributed by atoms with Crippen LogP contribution in [0.1, 0.15) is 43.2 Å². The van der Waals surface area contributed by atoms with E-state index in [-0.39, 0.29) is 0 Å². The molecule has 0 aromatic heterocycles. The zero-order valence-electron chi connectivity index (χ0n) is 11.6. The second kappa shape index (κ2) is 7.58. The first kappa shape index (κ1) is 13.6. The average molecular weight is 250 g/mol. The second-order valence-electron chi connectivity index (χ2n) is 5.06. The van der Waals surface area contributed by atoms with Crippen molar-refractivity contribution in [3.05, 3.63) is 77.9 Å². The summed E-state index contributed by atoms with van der Waals surface area (Å²) in [6.07, 6.45) is 8.16. The third-order valence-electron chi connectivity index (χ3n) is 3.49. The minimum absolute atomic E-state index is 0.659. The molecule has 0 bridgehead atoms. The Labute approximate surface area is 116 Å². The molecule has 1 atom stereocenters. The Hall–Kier alpha value is -1.82. The highest BCUT2D eigenvalue weighted by molar-refractivity contribution is 5.48. The van der Waals surface area contributed by atoms with Crippen molar-refractivity contribution in [2.24, 2.45) is 0 Å². The highest BCUT2D eigenvalue weighted by Gasteiger charge is 2.03. The summed E-state index contributed by atoms with van der Waals surface area (Å²) in [4.78, 5) is 0. The number of rotatable bonds is 6. The van der Waals surface area contributed by atoms with E-state index in [9.17, 15) is 0 Å². The maximum absolute atomic E-state index is 2.32. The summed E-state index contributed by atoms with van der Waals surface area (Å²) in [6.45, 7) is 2.32. The van der Waals surface area contributed by atoms with Gasteiger partial charge in [0, 0.05) is 0 Å². The molecule has 0 heteroatoms. The number of unbranched alkanes of at least 4 members (excludes halogenated alkanes) is 1. The molecule has 0 aliphatic heterocycles. The van der Waals surface area contributed by atoms with Crippen molar-refractivity contribution in [1.29, 1.82) is 0 Å². The fourth-order valence-corrected chi connectivity index (χ4v) is 2.27. The topological polar surface area (TPSA) is 0 Å². The highest BCUT2D eigenvalue weighted by atomic mass is 14.1. The van der Waals surface area contributed by atoms with E-state index < -0.39 is 0 Å². The van der Waals surface area contributed by atoms with Crippen LogP contribution < -0.4 is 0 Å². The maximum Gasteiger partial charge on any atom is -0.0190 e. The number of hydrogen-bond donors (Lipinski definition) is 0. The van der Waals surface area contributed by atoms with E-state index in [1.165, 1.54) is 24.0 Å². The molecule has 0 amide bonds. The minimum atomic E-state index is 0.659. The van der Waals surface area contributed by atoms with Crippen LogP contribution >= 0.6 is 0 Å². The van der Waals surface area contributed by atoms with E-state index in [2.05, 4.69) is 79.7 Å². The SMILES string of the molecule is CC(CCC/C=C/c1ccccc1)c1ccccc1. The van der Waals surface area contributed by atoms with Crippen LogP contribution in [-0.4, -0.2) is 0 Å². The van der Waals surface area contributed by atoms with Crippen LogP contribution in [-0.2, 0) is 0 Å². The number of benzene rings is 2. The average Bonchev–Trinajstić information content (AvgIpc) is 2.49. The standard InChI is InChI=1S/C19H22/c1-17(19-15-9-4-10-16-19)11-5-2-6-12-18-13-7-3-8-14-18/h3-4,6-10,12-17H,2,5,11H2,1H3/b12-6+. The van der Waals surface area contributed by atoms with Gasteiger partial charge >= 0.3 is 0 Å². The summed E-state index contributed by atoms with van der Waals surface area (Å²) in [5.41, 5.74) is 2.74. The van der Waals surface area contributed by atoms with Gasteiger partial charge in [0.1, 0.15) is 0 Å². The predicted molar refractivity (Wildman–Crippen MR) is 84.2 cm³/mol. The molecule has 0 spiro atoms. The smallest absolute Gasteiger partial charge is 0.0190 e. The molecule has 0 aliphatic carbocycles. The number of hydrogen-bond acceptors (Lipinski definition) is 0. The molecule has 0 saturated heterocycles. The Morgan fingerprint density at radius 2 is 1.53 bits per heavy atom. The minimum Gasteiger partial charge on any atom is -0.0839 e. The summed E-state index contributed by atoms with van der Waals surface area (Å²) in [7, 11) is 0. The Bertz CT molecular complexity index is 482. The summed E-state index contributed by atoms with van der Waals surface area (Å²) < 4.78 is 0. The van der Waals surface area contributed by atoms with Crippen LogP contribution in [0.15, 0.2) is 66.7 Å². The van der Waals surface area contributed by atoms with Crippen LogP contribution in [0.4, 0.5) is 0 Å². The monoisotopic (exact) mass is 250 g/mol. The molecule has 0 nitrogen and oxygen atoms in total. The highest BCUT2D eigenvalue weighted by Crippen LogP contribution is 2.21. The molecular formula is C19H22. The molecule has 2 rings (SSSR count). The van der Waals surface area contributed by atoms with E-state index in [4.69, 9.17) is 0 Å². The van der Waals surface area contributed by atoms with Gasteiger partial charge in [-0.15, -0.1) is 0 Å². The van der Waals surface area contributed by atoms with Crippen molar-refractivity contribution in [2.75, 3.05) is 0 Å². The Kier molecular flexibility index (Phi) is 5.43. The van der Waals surface area contributed by atoms with Gasteiger partial charge in [-0.1, -0.05) is 79.7 Å². The van der Waals surface area contributed by atoms with E-state index in [1.54, 1.807) is 0 Å². The molecule has 1 unspecified atom stereocenters. The van der Waals surface area contributed by atoms with Crippen molar-refractivity contribution >= 4 is 6.08 Å². The zero-order chi connectivity index (χ0) is 13.3. The zero-order valence-corrected chi connectivity index (χ0v) is 11.6. The van der Waals surface area contributed by atoms with Gasteiger partial charge in [-0.3, -0.25) is 0 Å². The summed E-state index contributed by atoms with van der Waals surface area (Å²) in [5, 5.41) is 0. The first-order valence-corrected chi connectivity index (χ1v) is 7.13. The predicted octanol–water partition coefficient (Wildman–Crippen LogP) is 5.67. The molecule has 0 saturated carbocycles. The van der Waals surface area contributed by atoms with Crippen molar-refractivity contribution in [1.82, 2.24) is 0 Å². The second-order valence-corrected chi connectivity index (χ2v) is 5.06. The Morgan fingerprint density at radius 3 is 2.21 bits per heavy atom. The van der Waals surface area contributed by atoms with Gasteiger partial charge in [-0.2, -0.15) is 0 Å². The quantitative estimate of drug-likeness (QED) is 0.579. The number of allylic oxidation sites excluding steroid dienone is 1. The van der Waals surface area contributed by atoms with Crippen LogP contribution in [0.3, 0.4) is 0 Å². The molecule has 98 valence electrons. The van der Waals surface area contributed by atoms with Crippen LogP contribution in [0.5, 0.6) is 0 Å². The first-order chi connectivity index (χ1) is 9.36. The van der Waals surface area contributed by atoms with Gasteiger partial charge in [0.15, 0.2) is 0 Å². The van der Waals surface area contributed by atoms with Gasteiger partial charge in [-0.25, -0.2) is 0 Å². The Morgan fingerprint density at radius 1 is 0.895 bits per heavy atom. The molecule has 19 heavy (non-hydrogen) atoms. The van der Waals surface area contributed by atoms with Crippen LogP contribution in [0.2, 0.25) is 0 Å². The van der Waals surface area contributed by atoms with E-state index in [0.717, 1.165) is 6.42 Å². The van der Waals surface area contributed by atoms with Crippen LogP contribution in [0.25, 0.3) is 6.08 Å². The van der Waals surface area contributed by atoms with Crippen molar-refractivity contribution in [2.45, 2.75) is 32.1 Å². The molecule has 0 heterocycles. The fraction of sp³-hybridized carbons (Fsp3) is 0.263. The largest absolute Gasteiger partial charge is 0.0839 e. The van der Waals surface area contributed by atoms with E-state index in [1.807, 2.05) is 0 Å². The van der Waals surface area contributed by atoms with Crippen molar-refractivity contribution < 1.29 is 0 Å². The summed E-state index contributed by atoms with van der Waals surface area (Å²) in [5.74, 6) is 0.659.